The van der Waals surface area contributed by atoms with Crippen LogP contribution in [0.4, 0.5) is 17.1 Å². The van der Waals surface area contributed by atoms with Gasteiger partial charge >= 0.3 is 0 Å². The zero-order valence-electron chi connectivity index (χ0n) is 35.4. The average Bonchev–Trinajstić information content (AvgIpc) is 3.87. The molecule has 4 nitrogen and oxygen atoms in total. The zero-order chi connectivity index (χ0) is 42.9. The van der Waals surface area contributed by atoms with Crippen LogP contribution in [-0.2, 0) is 5.41 Å². The molecule has 0 saturated heterocycles. The van der Waals surface area contributed by atoms with Crippen LogP contribution < -0.4 is 4.90 Å². The van der Waals surface area contributed by atoms with Crippen molar-refractivity contribution >= 4 is 60.4 Å². The fourth-order valence-corrected chi connectivity index (χ4v) is 10.6. The van der Waals surface area contributed by atoms with Gasteiger partial charge in [0, 0.05) is 33.4 Å². The van der Waals surface area contributed by atoms with E-state index in [4.69, 9.17) is 9.97 Å². The quantitative estimate of drug-likeness (QED) is 0.160. The Kier molecular flexibility index (Phi) is 8.40. The van der Waals surface area contributed by atoms with Crippen LogP contribution in [0.25, 0.3) is 71.6 Å². The Morgan fingerprint density at radius 2 is 0.923 bits per heavy atom. The molecule has 0 saturated carbocycles. The van der Waals surface area contributed by atoms with Crippen molar-refractivity contribution < 1.29 is 0 Å². The number of hydrogen-bond acceptors (Lipinski definition) is 3. The van der Waals surface area contributed by atoms with Crippen molar-refractivity contribution in [2.75, 3.05) is 4.90 Å². The lowest BCUT2D eigenvalue weighted by molar-refractivity contribution is 0.767. The Morgan fingerprint density at radius 1 is 0.369 bits per heavy atom. The topological polar surface area (TPSA) is 34.0 Å². The van der Waals surface area contributed by atoms with Gasteiger partial charge in [0.2, 0.25) is 0 Å². The smallest absolute Gasteiger partial charge is 0.159 e. The number of rotatable bonds is 7. The second kappa shape index (κ2) is 14.8. The summed E-state index contributed by atoms with van der Waals surface area (Å²) in [5, 5.41) is 7.09. The molecule has 10 aromatic carbocycles. The summed E-state index contributed by atoms with van der Waals surface area (Å²) in [5.74, 6) is 0.676. The maximum Gasteiger partial charge on any atom is 0.159 e. The molecule has 304 valence electrons. The fourth-order valence-electron chi connectivity index (χ4n) is 10.6. The molecule has 12 aromatic rings. The van der Waals surface area contributed by atoms with Crippen LogP contribution >= 0.6 is 0 Å². The predicted molar refractivity (Wildman–Crippen MR) is 269 cm³/mol. The third-order valence-corrected chi connectivity index (χ3v) is 13.5. The van der Waals surface area contributed by atoms with Crippen LogP contribution in [0.1, 0.15) is 22.3 Å². The van der Waals surface area contributed by atoms with Gasteiger partial charge in [-0.3, -0.25) is 0 Å². The van der Waals surface area contributed by atoms with Crippen LogP contribution in [0.5, 0.6) is 0 Å². The predicted octanol–water partition coefficient (Wildman–Crippen LogP) is 15.4. The highest BCUT2D eigenvalue weighted by Crippen LogP contribution is 2.56. The molecular formula is C61H40N4. The minimum atomic E-state index is -0.488. The lowest BCUT2D eigenvalue weighted by Crippen LogP contribution is -2.28. The van der Waals surface area contributed by atoms with Crippen molar-refractivity contribution in [2.45, 2.75) is 5.41 Å². The summed E-state index contributed by atoms with van der Waals surface area (Å²) in [6.07, 6.45) is 3.91. The summed E-state index contributed by atoms with van der Waals surface area (Å²) in [5.41, 5.74) is 14.5. The molecule has 0 unspecified atom stereocenters. The second-order valence-corrected chi connectivity index (χ2v) is 17.0. The monoisotopic (exact) mass is 828 g/mol. The van der Waals surface area contributed by atoms with Crippen molar-refractivity contribution in [3.05, 3.63) is 265 Å². The number of aromatic nitrogens is 3. The first kappa shape index (κ1) is 37.0. The Labute approximate surface area is 377 Å². The number of nitrogens with zero attached hydrogens (tertiary/aromatic N) is 4. The van der Waals surface area contributed by atoms with Gasteiger partial charge in [-0.15, -0.1) is 0 Å². The lowest BCUT2D eigenvalue weighted by Gasteiger charge is -2.34. The molecule has 0 radical (unpaired) electrons. The summed E-state index contributed by atoms with van der Waals surface area (Å²) in [4.78, 5) is 12.4. The van der Waals surface area contributed by atoms with Crippen molar-refractivity contribution in [1.82, 2.24) is 14.5 Å². The van der Waals surface area contributed by atoms with Crippen LogP contribution in [0, 0.1) is 0 Å². The molecule has 2 heterocycles. The molecule has 0 bridgehead atoms. The van der Waals surface area contributed by atoms with Gasteiger partial charge in [0.25, 0.3) is 0 Å². The van der Waals surface area contributed by atoms with Crippen LogP contribution in [0.3, 0.4) is 0 Å². The third kappa shape index (κ3) is 5.77. The molecule has 0 amide bonds. The number of hydrogen-bond donors (Lipinski definition) is 0. The molecule has 4 heteroatoms. The summed E-state index contributed by atoms with van der Waals surface area (Å²) >= 11 is 0. The fraction of sp³-hybridized carbons (Fsp3) is 0.0164. The Bertz CT molecular complexity index is 3660. The molecule has 2 aromatic heterocycles. The van der Waals surface area contributed by atoms with Crippen LogP contribution in [0.2, 0.25) is 0 Å². The molecule has 0 aliphatic heterocycles. The van der Waals surface area contributed by atoms with Crippen molar-refractivity contribution in [2.24, 2.45) is 0 Å². The summed E-state index contributed by atoms with van der Waals surface area (Å²) in [6, 6.07) is 83.6. The van der Waals surface area contributed by atoms with Crippen molar-refractivity contribution in [3.8, 4) is 28.2 Å². The van der Waals surface area contributed by atoms with Gasteiger partial charge in [-0.25, -0.2) is 9.97 Å². The number of anilines is 3. The van der Waals surface area contributed by atoms with E-state index >= 15 is 0 Å². The standard InChI is InChI=1S/C61H40N4/c1-3-19-46(20-4-1)61(47-21-5-2-6-22-47)56-25-13-11-23-52(56)53-33-32-50(38-57(53)61)65-58-26-14-12-24-54(58)55-37-45(29-34-59(55)65)60-62-39-51(40-63-60)64(48-30-27-41-15-7-9-17-43(41)35-48)49-31-28-42-16-8-10-18-44(42)36-49/h1-40H. The first-order valence-corrected chi connectivity index (χ1v) is 22.2. The maximum atomic E-state index is 5.07. The SMILES string of the molecule is c1ccc(C2(c3ccccc3)c3ccccc3-c3ccc(-n4c5ccccc5c5cc(-c6ncc(N(c7ccc8ccccc8c7)c7ccc8ccccc8c7)cn6)ccc54)cc32)cc1. The molecule has 0 atom stereocenters. The van der Waals surface area contributed by atoms with Crippen LogP contribution in [0.15, 0.2) is 243 Å². The van der Waals surface area contributed by atoms with E-state index in [-0.39, 0.29) is 0 Å². The first-order valence-electron chi connectivity index (χ1n) is 22.2. The maximum absolute atomic E-state index is 5.07. The highest BCUT2D eigenvalue weighted by molar-refractivity contribution is 6.10. The normalized spacial score (nSPS) is 12.7. The van der Waals surface area contributed by atoms with Gasteiger partial charge in [-0.1, -0.05) is 170 Å². The van der Waals surface area contributed by atoms with Crippen LogP contribution in [-0.4, -0.2) is 14.5 Å². The van der Waals surface area contributed by atoms with Gasteiger partial charge in [0.05, 0.1) is 34.5 Å². The summed E-state index contributed by atoms with van der Waals surface area (Å²) < 4.78 is 2.42. The molecular weight excluding hydrogens is 789 g/mol. The van der Waals surface area contributed by atoms with E-state index in [1.54, 1.807) is 0 Å². The van der Waals surface area contributed by atoms with E-state index in [0.29, 0.717) is 5.82 Å². The first-order chi connectivity index (χ1) is 32.2. The number of benzene rings is 10. The minimum absolute atomic E-state index is 0.488. The molecule has 1 aliphatic carbocycles. The highest BCUT2D eigenvalue weighted by Gasteiger charge is 2.46. The summed E-state index contributed by atoms with van der Waals surface area (Å²) in [7, 11) is 0. The average molecular weight is 829 g/mol. The van der Waals surface area contributed by atoms with E-state index in [1.165, 1.54) is 60.3 Å². The zero-order valence-corrected chi connectivity index (χ0v) is 35.4. The Morgan fingerprint density at radius 3 is 1.60 bits per heavy atom. The van der Waals surface area contributed by atoms with E-state index in [0.717, 1.165) is 44.7 Å². The van der Waals surface area contributed by atoms with Crippen molar-refractivity contribution in [1.29, 1.82) is 0 Å². The van der Waals surface area contributed by atoms with Gasteiger partial charge in [0.15, 0.2) is 5.82 Å². The van der Waals surface area contributed by atoms with Crippen molar-refractivity contribution in [3.63, 3.8) is 0 Å². The van der Waals surface area contributed by atoms with Gasteiger partial charge < -0.3 is 9.47 Å². The lowest BCUT2D eigenvalue weighted by atomic mass is 9.67. The molecule has 13 rings (SSSR count). The van der Waals surface area contributed by atoms with E-state index < -0.39 is 5.41 Å². The highest BCUT2D eigenvalue weighted by atomic mass is 15.2. The number of fused-ring (bicyclic) bond motifs is 8. The molecule has 0 N–H and O–H groups in total. The molecule has 65 heavy (non-hydrogen) atoms. The number of para-hydroxylation sites is 1. The molecule has 1 aliphatic rings. The second-order valence-electron chi connectivity index (χ2n) is 17.0. The Balaban J connectivity index is 0.936. The molecule has 0 spiro atoms. The summed E-state index contributed by atoms with van der Waals surface area (Å²) in [6.45, 7) is 0. The minimum Gasteiger partial charge on any atom is -0.309 e. The largest absolute Gasteiger partial charge is 0.309 e. The van der Waals surface area contributed by atoms with Gasteiger partial charge in [0.1, 0.15) is 0 Å². The van der Waals surface area contributed by atoms with E-state index in [1.807, 2.05) is 12.4 Å². The van der Waals surface area contributed by atoms with Gasteiger partial charge in [-0.2, -0.15) is 0 Å². The van der Waals surface area contributed by atoms with Gasteiger partial charge in [-0.05, 0) is 116 Å². The van der Waals surface area contributed by atoms with E-state index in [2.05, 4.69) is 240 Å². The molecule has 0 fully saturated rings. The third-order valence-electron chi connectivity index (χ3n) is 13.5. The van der Waals surface area contributed by atoms with E-state index in [9.17, 15) is 0 Å². The Hall–Kier alpha value is -8.60.